The molecule has 7 heavy (non-hydrogen) atoms. The van der Waals surface area contributed by atoms with Crippen molar-refractivity contribution in [1.82, 2.24) is 5.32 Å². The molecule has 0 radical (unpaired) electrons. The van der Waals surface area contributed by atoms with Crippen LogP contribution in [-0.4, -0.2) is 24.6 Å². The van der Waals surface area contributed by atoms with E-state index in [1.165, 1.54) is 24.6 Å². The predicted molar refractivity (Wildman–Crippen MR) is 31.3 cm³/mol. The Hall–Kier alpha value is 1.95. The molecule has 0 aromatic carbocycles. The normalized spacial score (nSPS) is 20.6. The Morgan fingerprint density at radius 1 is 1.29 bits per heavy atom. The third-order valence-corrected chi connectivity index (χ3v) is 1.83. The largest absolute Gasteiger partial charge is 1.00 e. The van der Waals surface area contributed by atoms with Gasteiger partial charge in [-0.15, -0.1) is 0 Å². The first-order valence-corrected chi connectivity index (χ1v) is 3.44. The van der Waals surface area contributed by atoms with Gasteiger partial charge in [0.2, 0.25) is 0 Å². The number of nitrogens with one attached hydrogen (secondary N) is 1. The molecule has 1 fully saturated rings. The van der Waals surface area contributed by atoms with Crippen molar-refractivity contribution in [3.05, 3.63) is 0 Å². The zero-order valence-electron chi connectivity index (χ0n) is 5.74. The van der Waals surface area contributed by atoms with Gasteiger partial charge < -0.3 is 6.74 Å². The molecule has 0 atom stereocenters. The van der Waals surface area contributed by atoms with Gasteiger partial charge in [-0.2, -0.15) is 11.8 Å². The first kappa shape index (κ1) is 8.95. The van der Waals surface area contributed by atoms with E-state index in [0.717, 1.165) is 0 Å². The number of thioether (sulfide) groups is 1. The van der Waals surface area contributed by atoms with Crippen LogP contribution in [0.2, 0.25) is 0 Å². The van der Waals surface area contributed by atoms with Crippen molar-refractivity contribution in [3.63, 3.8) is 0 Å². The summed E-state index contributed by atoms with van der Waals surface area (Å²) in [5, 5.41) is 3.26. The molecule has 1 aliphatic rings. The maximum absolute atomic E-state index is 3.26. The summed E-state index contributed by atoms with van der Waals surface area (Å²) in [4.78, 5) is 0. The zero-order chi connectivity index (χ0) is 4.24. The van der Waals surface area contributed by atoms with Crippen molar-refractivity contribution in [2.75, 3.05) is 24.6 Å². The Morgan fingerprint density at radius 3 is 2.00 bits per heavy atom. The minimum Gasteiger partial charge on any atom is -1.00 e. The summed E-state index contributed by atoms with van der Waals surface area (Å²) in [6.07, 6.45) is 0. The molecule has 1 aliphatic heterocycles. The Labute approximate surface area is 92.9 Å². The number of hydrogen-bond acceptors (Lipinski definition) is 2. The van der Waals surface area contributed by atoms with Crippen molar-refractivity contribution in [2.45, 2.75) is 0 Å². The molecule has 0 amide bonds. The molecule has 1 nitrogen and oxygen atoms in total. The summed E-state index contributed by atoms with van der Waals surface area (Å²) in [5.41, 5.74) is 0. The summed E-state index contributed by atoms with van der Waals surface area (Å²) >= 11 is 2.03. The minimum atomic E-state index is 0. The number of rotatable bonds is 0. The fraction of sp³-hybridized carbons (Fsp3) is 1.00. The maximum Gasteiger partial charge on any atom is 1.00 e. The summed E-state index contributed by atoms with van der Waals surface area (Å²) in [6, 6.07) is 0. The van der Waals surface area contributed by atoms with Gasteiger partial charge in [0.1, 0.15) is 0 Å². The predicted octanol–water partition coefficient (Wildman–Crippen LogP) is -2.56. The molecule has 0 aromatic heterocycles. The van der Waals surface area contributed by atoms with Gasteiger partial charge in [0.25, 0.3) is 0 Å². The van der Waals surface area contributed by atoms with Crippen LogP contribution in [0.15, 0.2) is 0 Å². The fourth-order valence-corrected chi connectivity index (χ4v) is 1.30. The Kier molecular flexibility index (Phi) is 7.76. The summed E-state index contributed by atoms with van der Waals surface area (Å²) in [5.74, 6) is 2.61. The van der Waals surface area contributed by atoms with Crippen LogP contribution < -0.4 is 56.7 Å². The van der Waals surface area contributed by atoms with Crippen LogP contribution in [0.1, 0.15) is 1.43 Å². The SMILES string of the molecule is C1CSCCN1.[H-].[K+]. The van der Waals surface area contributed by atoms with Crippen molar-refractivity contribution >= 4 is 11.8 Å². The smallest absolute Gasteiger partial charge is 1.00 e. The van der Waals surface area contributed by atoms with Crippen LogP contribution in [0.25, 0.3) is 0 Å². The molecule has 1 N–H and O–H groups in total. The van der Waals surface area contributed by atoms with Crippen molar-refractivity contribution in [1.29, 1.82) is 0 Å². The molecule has 0 spiro atoms. The monoisotopic (exact) mass is 143 g/mol. The van der Waals surface area contributed by atoms with Crippen LogP contribution in [0.3, 0.4) is 0 Å². The van der Waals surface area contributed by atoms with Crippen LogP contribution in [0.5, 0.6) is 0 Å². The Balaban J connectivity index is 0. The second kappa shape index (κ2) is 6.07. The van der Waals surface area contributed by atoms with Gasteiger partial charge in [0.05, 0.1) is 0 Å². The molecule has 38 valence electrons. The second-order valence-corrected chi connectivity index (χ2v) is 2.59. The molecule has 0 aromatic rings. The first-order valence-electron chi connectivity index (χ1n) is 2.28. The van der Waals surface area contributed by atoms with Gasteiger partial charge in [-0.1, -0.05) is 0 Å². The van der Waals surface area contributed by atoms with E-state index >= 15 is 0 Å². The molecule has 0 unspecified atom stereocenters. The number of hydrogen-bond donors (Lipinski definition) is 1. The molecule has 3 heteroatoms. The van der Waals surface area contributed by atoms with E-state index in [-0.39, 0.29) is 52.8 Å². The average Bonchev–Trinajstić information content (AvgIpc) is 1.72. The zero-order valence-corrected chi connectivity index (χ0v) is 8.68. The van der Waals surface area contributed by atoms with E-state index in [2.05, 4.69) is 5.32 Å². The van der Waals surface area contributed by atoms with Gasteiger partial charge in [-0.3, -0.25) is 0 Å². The van der Waals surface area contributed by atoms with Crippen molar-refractivity contribution < 1.29 is 52.8 Å². The van der Waals surface area contributed by atoms with Crippen molar-refractivity contribution in [3.8, 4) is 0 Å². The molecule has 0 saturated carbocycles. The summed E-state index contributed by atoms with van der Waals surface area (Å²) in [7, 11) is 0. The molecule has 1 rings (SSSR count). The van der Waals surface area contributed by atoms with Gasteiger partial charge in [0, 0.05) is 24.6 Å². The molecule has 0 bridgehead atoms. The van der Waals surface area contributed by atoms with Gasteiger partial charge >= 0.3 is 51.4 Å². The van der Waals surface area contributed by atoms with Crippen molar-refractivity contribution in [2.24, 2.45) is 0 Å². The first-order chi connectivity index (χ1) is 3.00. The molecule has 1 saturated heterocycles. The quantitative estimate of drug-likeness (QED) is 0.374. The van der Waals surface area contributed by atoms with Gasteiger partial charge in [0.15, 0.2) is 0 Å². The van der Waals surface area contributed by atoms with Gasteiger partial charge in [-0.05, 0) is 0 Å². The Bertz CT molecular complexity index is 31.5. The molecule has 1 heterocycles. The van der Waals surface area contributed by atoms with Crippen LogP contribution in [0.4, 0.5) is 0 Å². The molecular weight excluding hydrogens is 133 g/mol. The fourth-order valence-electron chi connectivity index (χ4n) is 0.516. The van der Waals surface area contributed by atoms with Crippen LogP contribution in [-0.2, 0) is 0 Å². The van der Waals surface area contributed by atoms with Crippen LogP contribution >= 0.6 is 11.8 Å². The van der Waals surface area contributed by atoms with Gasteiger partial charge in [-0.25, -0.2) is 0 Å². The summed E-state index contributed by atoms with van der Waals surface area (Å²) < 4.78 is 0. The average molecular weight is 143 g/mol. The standard InChI is InChI=1S/C4H9NS.K.H/c1-3-6-4-2-5-1;;/h5H,1-4H2;;/q;+1;-1. The van der Waals surface area contributed by atoms with E-state index in [1.54, 1.807) is 0 Å². The topological polar surface area (TPSA) is 12.0 Å². The second-order valence-electron chi connectivity index (χ2n) is 1.36. The molecule has 0 aliphatic carbocycles. The van der Waals surface area contributed by atoms with E-state index in [4.69, 9.17) is 0 Å². The van der Waals surface area contributed by atoms with E-state index < -0.39 is 0 Å². The molecular formula is C4H10KNS. The third kappa shape index (κ3) is 4.45. The maximum atomic E-state index is 3.26. The van der Waals surface area contributed by atoms with E-state index in [1.807, 2.05) is 11.8 Å². The van der Waals surface area contributed by atoms with E-state index in [0.29, 0.717) is 0 Å². The minimum absolute atomic E-state index is 0. The third-order valence-electron chi connectivity index (χ3n) is 0.846. The van der Waals surface area contributed by atoms with Crippen LogP contribution in [0, 0.1) is 0 Å². The Morgan fingerprint density at radius 2 is 1.86 bits per heavy atom. The van der Waals surface area contributed by atoms with E-state index in [9.17, 15) is 0 Å². The summed E-state index contributed by atoms with van der Waals surface area (Å²) in [6.45, 7) is 2.43.